The molecule has 1 heterocycles. The first-order valence-electron chi connectivity index (χ1n) is 9.82. The molecule has 5 rings (SSSR count). The summed E-state index contributed by atoms with van der Waals surface area (Å²) in [5.41, 5.74) is 7.52. The Kier molecular flexibility index (Phi) is 3.83. The summed E-state index contributed by atoms with van der Waals surface area (Å²) in [7, 11) is 0. The Morgan fingerprint density at radius 2 is 1.94 bits per heavy atom. The van der Waals surface area contributed by atoms with Gasteiger partial charge in [-0.05, 0) is 13.0 Å². The van der Waals surface area contributed by atoms with Gasteiger partial charge in [0, 0.05) is 16.2 Å². The van der Waals surface area contributed by atoms with E-state index in [1.165, 1.54) is 18.2 Å². The van der Waals surface area contributed by atoms with E-state index in [0.717, 1.165) is 0 Å². The number of phenolic OH excluding ortho intramolecular Hbond substituents is 1. The van der Waals surface area contributed by atoms with Crippen LogP contribution in [-0.4, -0.2) is 32.7 Å². The van der Waals surface area contributed by atoms with Crippen LogP contribution in [0.1, 0.15) is 44.1 Å². The molecule has 1 aliphatic heterocycles. The van der Waals surface area contributed by atoms with Gasteiger partial charge in [0.1, 0.15) is 28.8 Å². The summed E-state index contributed by atoms with van der Waals surface area (Å²) in [6, 6.07) is 4.11. The maximum Gasteiger partial charge on any atom is 0.334 e. The Morgan fingerprint density at radius 1 is 1.23 bits per heavy atom. The molecule has 0 saturated carbocycles. The number of aliphatic hydroxyl groups is 1. The molecule has 4 atom stereocenters. The highest BCUT2D eigenvalue weighted by molar-refractivity contribution is 5.88. The Balaban J connectivity index is 1.99. The van der Waals surface area contributed by atoms with Gasteiger partial charge in [0.05, 0.1) is 16.9 Å². The van der Waals surface area contributed by atoms with Gasteiger partial charge in [-0.2, -0.15) is 4.79 Å². The van der Waals surface area contributed by atoms with E-state index in [0.29, 0.717) is 0 Å². The fourth-order valence-electron chi connectivity index (χ4n) is 4.71. The summed E-state index contributed by atoms with van der Waals surface area (Å²) in [6.45, 7) is 4.93. The molecule has 31 heavy (non-hydrogen) atoms. The lowest BCUT2D eigenvalue weighted by molar-refractivity contribution is -0.158. The molecule has 0 unspecified atom stereocenters. The van der Waals surface area contributed by atoms with Crippen LogP contribution >= 0.6 is 0 Å². The molecule has 3 aliphatic carbocycles. The molecule has 2 N–H and O–H groups in total. The van der Waals surface area contributed by atoms with Crippen LogP contribution in [-0.2, 0) is 14.3 Å². The Morgan fingerprint density at radius 3 is 2.58 bits per heavy atom. The molecule has 0 radical (unpaired) electrons. The molecular formula is C22H18N2O7. The molecule has 0 bridgehead atoms. The van der Waals surface area contributed by atoms with Gasteiger partial charge in [-0.3, -0.25) is 14.4 Å². The zero-order chi connectivity index (χ0) is 22.4. The maximum atomic E-state index is 13.3. The van der Waals surface area contributed by atoms with Crippen molar-refractivity contribution in [1.29, 1.82) is 0 Å². The lowest BCUT2D eigenvalue weighted by atomic mass is 9.81. The number of fused-ring (bicyclic) bond motifs is 4. The number of nitrogens with zero attached hydrogens (tertiary/aromatic N) is 2. The lowest BCUT2D eigenvalue weighted by Gasteiger charge is -2.27. The van der Waals surface area contributed by atoms with E-state index in [4.69, 9.17) is 9.47 Å². The van der Waals surface area contributed by atoms with Gasteiger partial charge < -0.3 is 25.2 Å². The van der Waals surface area contributed by atoms with E-state index >= 15 is 0 Å². The monoisotopic (exact) mass is 422 g/mol. The standard InChI is InChI=1S/C22H18N2O7/c1-7(2)21(29)30-19-14-12(18(28)20-22(19,3)31-20)11-13(15(14)24-23)17(27)10-8(16(11)26)5-4-6-9(10)25/h4-7,18-20,25,28H,1-3H3/t18-,19+,20-,22+/m1/s1. The summed E-state index contributed by atoms with van der Waals surface area (Å²) in [5, 5.41) is 20.3. The van der Waals surface area contributed by atoms with Crippen LogP contribution in [0.3, 0.4) is 0 Å². The van der Waals surface area contributed by atoms with Crippen LogP contribution in [0.5, 0.6) is 5.75 Å². The lowest BCUT2D eigenvalue weighted by Crippen LogP contribution is -2.37. The first kappa shape index (κ1) is 19.6. The van der Waals surface area contributed by atoms with Crippen LogP contribution in [0.25, 0.3) is 16.3 Å². The summed E-state index contributed by atoms with van der Waals surface area (Å²) < 4.78 is 11.3. The number of hydrogen-bond acceptors (Lipinski definition) is 7. The van der Waals surface area contributed by atoms with Crippen molar-refractivity contribution in [1.82, 2.24) is 0 Å². The zero-order valence-corrected chi connectivity index (χ0v) is 16.9. The van der Waals surface area contributed by atoms with Gasteiger partial charge in [0.15, 0.2) is 11.5 Å². The molecule has 1 aromatic carbocycles. The van der Waals surface area contributed by atoms with Gasteiger partial charge in [0.2, 0.25) is 5.43 Å². The quantitative estimate of drug-likeness (QED) is 0.263. The van der Waals surface area contributed by atoms with Crippen molar-refractivity contribution in [2.45, 2.75) is 44.7 Å². The van der Waals surface area contributed by atoms with Gasteiger partial charge in [0.25, 0.3) is 0 Å². The Labute approximate surface area is 174 Å². The van der Waals surface area contributed by atoms with Crippen LogP contribution < -0.4 is 16.2 Å². The van der Waals surface area contributed by atoms with Gasteiger partial charge in [-0.25, -0.2) is 0 Å². The second kappa shape index (κ2) is 6.07. The van der Waals surface area contributed by atoms with Crippen LogP contribution in [0, 0.1) is 16.4 Å². The highest BCUT2D eigenvalue weighted by Crippen LogP contribution is 2.58. The first-order valence-corrected chi connectivity index (χ1v) is 9.82. The van der Waals surface area contributed by atoms with Crippen LogP contribution in [0.2, 0.25) is 0 Å². The average molecular weight is 422 g/mol. The molecule has 9 heteroatoms. The van der Waals surface area contributed by atoms with Crippen molar-refractivity contribution in [3.63, 3.8) is 0 Å². The molecule has 1 saturated heterocycles. The van der Waals surface area contributed by atoms with Gasteiger partial charge in [-0.1, -0.05) is 26.0 Å². The molecule has 0 aromatic heterocycles. The summed E-state index contributed by atoms with van der Waals surface area (Å²) >= 11 is 0. The Hall–Kier alpha value is -3.39. The average Bonchev–Trinajstić information content (AvgIpc) is 3.30. The molecular weight excluding hydrogens is 404 g/mol. The highest BCUT2D eigenvalue weighted by Gasteiger charge is 2.68. The van der Waals surface area contributed by atoms with E-state index < -0.39 is 46.7 Å². The van der Waals surface area contributed by atoms with Crippen molar-refractivity contribution in [2.75, 3.05) is 0 Å². The molecule has 0 spiro atoms. The summed E-state index contributed by atoms with van der Waals surface area (Å²) in [6.07, 6.45) is -3.16. The second-order valence-electron chi connectivity index (χ2n) is 8.52. The van der Waals surface area contributed by atoms with E-state index in [1.54, 1.807) is 20.8 Å². The number of carbonyl (C=O) groups excluding carboxylic acids is 1. The third-order valence-corrected chi connectivity index (χ3v) is 6.33. The minimum absolute atomic E-state index is 0.0252. The Bertz CT molecular complexity index is 1550. The summed E-state index contributed by atoms with van der Waals surface area (Å²) in [5.74, 6) is -1.41. The second-order valence-corrected chi connectivity index (χ2v) is 8.52. The normalized spacial score (nSPS) is 26.5. The number of epoxide rings is 1. The van der Waals surface area contributed by atoms with E-state index in [9.17, 15) is 30.1 Å². The SMILES string of the molecule is CC(C)C(=O)O[C@H]1c2c(c3c(=O)c4cccc(O)c4c(=O)c=3c2=[N+]=[N-])[C@@H](O)[C@H]2O[C@]21C. The number of benzene rings is 1. The van der Waals surface area contributed by atoms with Crippen molar-refractivity contribution < 1.29 is 29.3 Å². The maximum absolute atomic E-state index is 13.3. The number of esters is 1. The molecule has 9 nitrogen and oxygen atoms in total. The number of rotatable bonds is 2. The molecule has 4 aliphatic rings. The first-order chi connectivity index (χ1) is 14.6. The number of carbonyl (C=O) groups is 1. The number of aromatic hydroxyl groups is 1. The predicted molar refractivity (Wildman–Crippen MR) is 104 cm³/mol. The molecule has 1 aromatic rings. The third-order valence-electron chi connectivity index (χ3n) is 6.33. The van der Waals surface area contributed by atoms with Crippen molar-refractivity contribution in [3.05, 3.63) is 71.1 Å². The molecule has 0 amide bonds. The van der Waals surface area contributed by atoms with Crippen LogP contribution in [0.15, 0.2) is 27.8 Å². The largest absolute Gasteiger partial charge is 0.507 e. The topological polar surface area (TPSA) is 150 Å². The van der Waals surface area contributed by atoms with Crippen molar-refractivity contribution >= 4 is 16.7 Å². The number of ether oxygens (including phenoxy) is 2. The minimum atomic E-state index is -1.30. The van der Waals surface area contributed by atoms with E-state index in [-0.39, 0.29) is 43.4 Å². The smallest absolute Gasteiger partial charge is 0.334 e. The van der Waals surface area contributed by atoms with Crippen molar-refractivity contribution in [3.8, 4) is 5.75 Å². The third kappa shape index (κ3) is 2.31. The number of phenols is 1. The summed E-state index contributed by atoms with van der Waals surface area (Å²) in [4.78, 5) is 42.3. The van der Waals surface area contributed by atoms with Gasteiger partial charge >= 0.3 is 11.3 Å². The fourth-order valence-corrected chi connectivity index (χ4v) is 4.71. The van der Waals surface area contributed by atoms with Crippen LogP contribution in [0.4, 0.5) is 0 Å². The fraction of sp³-hybridized carbons (Fsp3) is 0.364. The minimum Gasteiger partial charge on any atom is -0.507 e. The van der Waals surface area contributed by atoms with Gasteiger partial charge in [-0.15, -0.1) is 0 Å². The zero-order valence-electron chi connectivity index (χ0n) is 16.9. The molecule has 158 valence electrons. The van der Waals surface area contributed by atoms with Crippen molar-refractivity contribution in [2.24, 2.45) is 5.92 Å². The van der Waals surface area contributed by atoms with E-state index in [2.05, 4.69) is 4.79 Å². The molecule has 1 fully saturated rings. The number of aliphatic hydroxyl groups excluding tert-OH is 1. The highest BCUT2D eigenvalue weighted by atomic mass is 16.7. The van der Waals surface area contributed by atoms with E-state index in [1.807, 2.05) is 0 Å². The number of hydrogen-bond donors (Lipinski definition) is 2. The predicted octanol–water partition coefficient (Wildman–Crippen LogP) is 0.441.